The fraction of sp³-hybridized carbons (Fsp3) is 1.00. The van der Waals surface area contributed by atoms with E-state index >= 15 is 0 Å². The van der Waals surface area contributed by atoms with Crippen LogP contribution in [0.4, 0.5) is 0 Å². The highest BCUT2D eigenvalue weighted by Crippen LogP contribution is 2.27. The Bertz CT molecular complexity index is 182. The highest BCUT2D eigenvalue weighted by atomic mass is 16.3. The molecule has 0 bridgehead atoms. The molecule has 0 aliphatic heterocycles. The first-order valence-electron chi connectivity index (χ1n) is 7.04. The van der Waals surface area contributed by atoms with Crippen molar-refractivity contribution in [2.75, 3.05) is 6.61 Å². The highest BCUT2D eigenvalue weighted by molar-refractivity contribution is 4.83. The normalized spacial score (nSPS) is 28.3. The molecule has 0 radical (unpaired) electrons. The summed E-state index contributed by atoms with van der Waals surface area (Å²) in [5.41, 5.74) is 0. The van der Waals surface area contributed by atoms with Gasteiger partial charge in [0.15, 0.2) is 0 Å². The molecule has 0 aromatic carbocycles. The van der Waals surface area contributed by atoms with Gasteiger partial charge in [-0.25, -0.2) is 0 Å². The topological polar surface area (TPSA) is 32.3 Å². The van der Waals surface area contributed by atoms with Gasteiger partial charge in [0.05, 0.1) is 6.61 Å². The zero-order valence-corrected chi connectivity index (χ0v) is 11.2. The zero-order valence-electron chi connectivity index (χ0n) is 11.2. The van der Waals surface area contributed by atoms with Crippen molar-refractivity contribution < 1.29 is 5.11 Å². The van der Waals surface area contributed by atoms with E-state index in [1.54, 1.807) is 0 Å². The van der Waals surface area contributed by atoms with E-state index in [9.17, 15) is 5.11 Å². The summed E-state index contributed by atoms with van der Waals surface area (Å²) < 4.78 is 0. The van der Waals surface area contributed by atoms with Gasteiger partial charge in [0.2, 0.25) is 0 Å². The molecule has 3 atom stereocenters. The van der Waals surface area contributed by atoms with Gasteiger partial charge in [-0.3, -0.25) is 0 Å². The SMILES string of the molecule is CCC1CCCCC1NC(CO)CC(C)C. The summed E-state index contributed by atoms with van der Waals surface area (Å²) in [6.07, 6.45) is 7.78. The summed E-state index contributed by atoms with van der Waals surface area (Å²) in [5.74, 6) is 1.49. The number of hydrogen-bond donors (Lipinski definition) is 2. The summed E-state index contributed by atoms with van der Waals surface area (Å²) in [4.78, 5) is 0. The van der Waals surface area contributed by atoms with Gasteiger partial charge in [-0.1, -0.05) is 40.0 Å². The van der Waals surface area contributed by atoms with Gasteiger partial charge in [-0.05, 0) is 31.1 Å². The molecule has 96 valence electrons. The maximum atomic E-state index is 9.40. The van der Waals surface area contributed by atoms with Crippen molar-refractivity contribution in [3.8, 4) is 0 Å². The fourth-order valence-electron chi connectivity index (χ4n) is 2.98. The van der Waals surface area contributed by atoms with Gasteiger partial charge in [-0.15, -0.1) is 0 Å². The van der Waals surface area contributed by atoms with Gasteiger partial charge in [0, 0.05) is 12.1 Å². The molecule has 1 saturated carbocycles. The summed E-state index contributed by atoms with van der Waals surface area (Å²) >= 11 is 0. The molecule has 1 fully saturated rings. The lowest BCUT2D eigenvalue weighted by Crippen LogP contribution is -2.46. The first-order valence-corrected chi connectivity index (χ1v) is 7.04. The van der Waals surface area contributed by atoms with E-state index in [0.717, 1.165) is 12.3 Å². The monoisotopic (exact) mass is 227 g/mol. The van der Waals surface area contributed by atoms with Crippen molar-refractivity contribution in [3.05, 3.63) is 0 Å². The largest absolute Gasteiger partial charge is 0.395 e. The predicted molar refractivity (Wildman–Crippen MR) is 69.5 cm³/mol. The molecular formula is C14H29NO. The summed E-state index contributed by atoms with van der Waals surface area (Å²) in [6.45, 7) is 7.03. The molecule has 0 amide bonds. The zero-order chi connectivity index (χ0) is 12.0. The first-order chi connectivity index (χ1) is 7.67. The molecule has 16 heavy (non-hydrogen) atoms. The Labute approximate surface area is 101 Å². The van der Waals surface area contributed by atoms with E-state index in [4.69, 9.17) is 0 Å². The lowest BCUT2D eigenvalue weighted by molar-refractivity contribution is 0.174. The van der Waals surface area contributed by atoms with E-state index < -0.39 is 0 Å². The summed E-state index contributed by atoms with van der Waals surface area (Å²) in [7, 11) is 0. The van der Waals surface area contributed by atoms with Gasteiger partial charge in [0.25, 0.3) is 0 Å². The Hall–Kier alpha value is -0.0800. The molecule has 0 aromatic heterocycles. The standard InChI is InChI=1S/C14H29NO/c1-4-12-7-5-6-8-14(12)15-13(10-16)9-11(2)3/h11-16H,4-10H2,1-3H3. The van der Waals surface area contributed by atoms with Crippen LogP contribution in [0.3, 0.4) is 0 Å². The Kier molecular flexibility index (Phi) is 6.37. The second-order valence-electron chi connectivity index (χ2n) is 5.73. The Morgan fingerprint density at radius 3 is 2.50 bits per heavy atom. The van der Waals surface area contributed by atoms with Crippen molar-refractivity contribution in [2.45, 2.75) is 71.4 Å². The molecule has 2 heteroatoms. The quantitative estimate of drug-likeness (QED) is 0.731. The van der Waals surface area contributed by atoms with Crippen LogP contribution >= 0.6 is 0 Å². The highest BCUT2D eigenvalue weighted by Gasteiger charge is 2.25. The number of rotatable bonds is 6. The van der Waals surface area contributed by atoms with E-state index in [1.807, 2.05) is 0 Å². The average Bonchev–Trinajstić information content (AvgIpc) is 2.28. The Balaban J connectivity index is 2.41. The third-order valence-corrected chi connectivity index (χ3v) is 3.86. The molecule has 1 aliphatic rings. The Morgan fingerprint density at radius 2 is 1.94 bits per heavy atom. The van der Waals surface area contributed by atoms with Crippen molar-refractivity contribution in [3.63, 3.8) is 0 Å². The number of hydrogen-bond acceptors (Lipinski definition) is 2. The van der Waals surface area contributed by atoms with Crippen molar-refractivity contribution in [1.29, 1.82) is 0 Å². The molecule has 1 aliphatic carbocycles. The van der Waals surface area contributed by atoms with Crippen LogP contribution in [0.15, 0.2) is 0 Å². The third-order valence-electron chi connectivity index (χ3n) is 3.86. The predicted octanol–water partition coefficient (Wildman–Crippen LogP) is 2.95. The molecule has 2 nitrogen and oxygen atoms in total. The van der Waals surface area contributed by atoms with E-state index in [2.05, 4.69) is 26.1 Å². The van der Waals surface area contributed by atoms with Crippen molar-refractivity contribution in [2.24, 2.45) is 11.8 Å². The number of nitrogens with one attached hydrogen (secondary N) is 1. The van der Waals surface area contributed by atoms with Gasteiger partial charge in [-0.2, -0.15) is 0 Å². The molecule has 0 heterocycles. The minimum absolute atomic E-state index is 0.283. The molecule has 0 saturated heterocycles. The van der Waals surface area contributed by atoms with Crippen LogP contribution in [0.5, 0.6) is 0 Å². The average molecular weight is 227 g/mol. The molecule has 2 N–H and O–H groups in total. The van der Waals surface area contributed by atoms with Crippen molar-refractivity contribution >= 4 is 0 Å². The minimum atomic E-state index is 0.283. The third kappa shape index (κ3) is 4.42. The van der Waals surface area contributed by atoms with E-state index in [0.29, 0.717) is 18.0 Å². The second-order valence-corrected chi connectivity index (χ2v) is 5.73. The van der Waals surface area contributed by atoms with Crippen LogP contribution in [-0.2, 0) is 0 Å². The smallest absolute Gasteiger partial charge is 0.0584 e. The van der Waals surface area contributed by atoms with Gasteiger partial charge in [0.1, 0.15) is 0 Å². The molecular weight excluding hydrogens is 198 g/mol. The Morgan fingerprint density at radius 1 is 1.25 bits per heavy atom. The summed E-state index contributed by atoms with van der Waals surface area (Å²) in [5, 5.41) is 13.1. The number of aliphatic hydroxyl groups excluding tert-OH is 1. The fourth-order valence-corrected chi connectivity index (χ4v) is 2.98. The van der Waals surface area contributed by atoms with Crippen LogP contribution in [0.1, 0.15) is 59.3 Å². The lowest BCUT2D eigenvalue weighted by atomic mass is 9.82. The van der Waals surface area contributed by atoms with Gasteiger partial charge >= 0.3 is 0 Å². The molecule has 3 unspecified atom stereocenters. The van der Waals surface area contributed by atoms with Gasteiger partial charge < -0.3 is 10.4 Å². The van der Waals surface area contributed by atoms with E-state index in [1.165, 1.54) is 32.1 Å². The maximum Gasteiger partial charge on any atom is 0.0584 e. The first kappa shape index (κ1) is 14.0. The van der Waals surface area contributed by atoms with Crippen LogP contribution in [0.2, 0.25) is 0 Å². The second kappa shape index (κ2) is 7.29. The number of aliphatic hydroxyl groups is 1. The van der Waals surface area contributed by atoms with Crippen LogP contribution in [0.25, 0.3) is 0 Å². The molecule has 0 aromatic rings. The minimum Gasteiger partial charge on any atom is -0.395 e. The van der Waals surface area contributed by atoms with Crippen LogP contribution in [-0.4, -0.2) is 23.8 Å². The van der Waals surface area contributed by atoms with Crippen LogP contribution < -0.4 is 5.32 Å². The van der Waals surface area contributed by atoms with Crippen LogP contribution in [0, 0.1) is 11.8 Å². The summed E-state index contributed by atoms with van der Waals surface area (Å²) in [6, 6.07) is 0.951. The van der Waals surface area contributed by atoms with Crippen molar-refractivity contribution in [1.82, 2.24) is 5.32 Å². The van der Waals surface area contributed by atoms with E-state index in [-0.39, 0.29) is 6.61 Å². The molecule has 0 spiro atoms. The maximum absolute atomic E-state index is 9.40. The lowest BCUT2D eigenvalue weighted by Gasteiger charge is -2.35. The molecule has 1 rings (SSSR count).